The summed E-state index contributed by atoms with van der Waals surface area (Å²) in [6, 6.07) is 3.70. The molecule has 1 aliphatic heterocycles. The van der Waals surface area contributed by atoms with E-state index in [0.717, 1.165) is 6.42 Å². The second-order valence-electron chi connectivity index (χ2n) is 6.99. The van der Waals surface area contributed by atoms with Gasteiger partial charge in [-0.1, -0.05) is 6.42 Å². The van der Waals surface area contributed by atoms with Crippen molar-refractivity contribution in [3.05, 3.63) is 29.7 Å². The molecule has 1 spiro atoms. The summed E-state index contributed by atoms with van der Waals surface area (Å²) in [5.41, 5.74) is 4.79. The van der Waals surface area contributed by atoms with Crippen molar-refractivity contribution in [3.63, 3.8) is 0 Å². The van der Waals surface area contributed by atoms with Gasteiger partial charge >= 0.3 is 6.03 Å². The summed E-state index contributed by atoms with van der Waals surface area (Å²) in [6.45, 7) is 0.166. The van der Waals surface area contributed by atoms with Crippen molar-refractivity contribution in [3.8, 4) is 5.75 Å². The summed E-state index contributed by atoms with van der Waals surface area (Å²) in [5.74, 6) is -1.50. The highest BCUT2D eigenvalue weighted by Crippen LogP contribution is 2.40. The number of nitrogens with zero attached hydrogens (tertiary/aromatic N) is 1. The summed E-state index contributed by atoms with van der Waals surface area (Å²) in [7, 11) is 1.46. The van der Waals surface area contributed by atoms with Crippen LogP contribution in [0.15, 0.2) is 18.2 Å². The number of nitrogens with one attached hydrogen (secondary N) is 2. The highest BCUT2D eigenvalue weighted by Gasteiger charge is 2.54. The normalized spacial score (nSPS) is 24.4. The molecule has 2 fully saturated rings. The maximum Gasteiger partial charge on any atom is 0.322 e. The smallest absolute Gasteiger partial charge is 0.322 e. The number of imide groups is 1. The summed E-state index contributed by atoms with van der Waals surface area (Å²) in [5, 5.41) is 5.44. The molecule has 2 aromatic rings. The Morgan fingerprint density at radius 2 is 2.22 bits per heavy atom. The molecule has 27 heavy (non-hydrogen) atoms. The fraction of sp³-hybridized carbons (Fsp3) is 0.389. The SMILES string of the molecule is COc1ccc(F)c2c1cc(C(N)=O)n2CC1CCCC12NC(=O)NC2=O. The molecule has 2 unspecified atom stereocenters. The van der Waals surface area contributed by atoms with Gasteiger partial charge in [0.1, 0.15) is 22.8 Å². The molecular weight excluding hydrogens is 355 g/mol. The highest BCUT2D eigenvalue weighted by molar-refractivity contribution is 6.07. The van der Waals surface area contributed by atoms with Gasteiger partial charge < -0.3 is 20.4 Å². The Balaban J connectivity index is 1.84. The second-order valence-corrected chi connectivity index (χ2v) is 6.99. The lowest BCUT2D eigenvalue weighted by Gasteiger charge is -2.29. The average Bonchev–Trinajstić information content (AvgIpc) is 3.27. The van der Waals surface area contributed by atoms with E-state index in [4.69, 9.17) is 10.5 Å². The minimum atomic E-state index is -1.04. The number of aromatic nitrogens is 1. The van der Waals surface area contributed by atoms with Gasteiger partial charge in [-0.2, -0.15) is 0 Å². The summed E-state index contributed by atoms with van der Waals surface area (Å²) in [6.07, 6.45) is 1.87. The number of carbonyl (C=O) groups is 3. The molecule has 0 radical (unpaired) electrons. The summed E-state index contributed by atoms with van der Waals surface area (Å²) in [4.78, 5) is 36.1. The van der Waals surface area contributed by atoms with Crippen LogP contribution in [0.25, 0.3) is 10.9 Å². The number of urea groups is 1. The van der Waals surface area contributed by atoms with Crippen LogP contribution in [0.2, 0.25) is 0 Å². The van der Waals surface area contributed by atoms with Gasteiger partial charge in [0.25, 0.3) is 11.8 Å². The number of rotatable bonds is 4. The van der Waals surface area contributed by atoms with Crippen LogP contribution in [0, 0.1) is 11.7 Å². The monoisotopic (exact) mass is 374 g/mol. The number of methoxy groups -OCH3 is 1. The van der Waals surface area contributed by atoms with E-state index in [2.05, 4.69) is 10.6 Å². The number of carbonyl (C=O) groups excluding carboxylic acids is 3. The molecule has 1 saturated carbocycles. The van der Waals surface area contributed by atoms with Crippen LogP contribution < -0.4 is 21.1 Å². The Morgan fingerprint density at radius 1 is 1.44 bits per heavy atom. The van der Waals surface area contributed by atoms with Crippen molar-refractivity contribution in [2.24, 2.45) is 11.7 Å². The standard InChI is InChI=1S/C18H19FN4O4/c1-27-13-5-4-11(19)14-10(13)7-12(15(20)24)23(14)8-9-3-2-6-18(9)16(25)21-17(26)22-18/h4-5,7,9H,2-3,6,8H2,1H3,(H2,20,24)(H2,21,22,25,26). The summed E-state index contributed by atoms with van der Waals surface area (Å²) < 4.78 is 21.4. The maximum absolute atomic E-state index is 14.6. The van der Waals surface area contributed by atoms with Crippen LogP contribution in [0.5, 0.6) is 5.75 Å². The minimum Gasteiger partial charge on any atom is -0.496 e. The zero-order valence-electron chi connectivity index (χ0n) is 14.7. The molecule has 4 N–H and O–H groups in total. The quantitative estimate of drug-likeness (QED) is 0.699. The number of halogens is 1. The second kappa shape index (κ2) is 5.97. The van der Waals surface area contributed by atoms with Crippen molar-refractivity contribution in [2.45, 2.75) is 31.3 Å². The fourth-order valence-electron chi connectivity index (χ4n) is 4.40. The van der Waals surface area contributed by atoms with Crippen molar-refractivity contribution >= 4 is 28.7 Å². The molecule has 2 heterocycles. The van der Waals surface area contributed by atoms with E-state index in [1.807, 2.05) is 0 Å². The van der Waals surface area contributed by atoms with E-state index in [1.165, 1.54) is 29.9 Å². The Bertz CT molecular complexity index is 985. The number of ether oxygens (including phenoxy) is 1. The lowest BCUT2D eigenvalue weighted by Crippen LogP contribution is -2.51. The predicted octanol–water partition coefficient (Wildman–Crippen LogP) is 1.27. The number of nitrogens with two attached hydrogens (primary N) is 1. The third kappa shape index (κ3) is 2.45. The third-order valence-corrected chi connectivity index (χ3v) is 5.63. The van der Waals surface area contributed by atoms with Gasteiger partial charge in [0.2, 0.25) is 0 Å². The molecule has 0 bridgehead atoms. The van der Waals surface area contributed by atoms with Gasteiger partial charge in [-0.25, -0.2) is 9.18 Å². The van der Waals surface area contributed by atoms with Gasteiger partial charge in [-0.3, -0.25) is 14.9 Å². The van der Waals surface area contributed by atoms with Gasteiger partial charge in [0.05, 0.1) is 12.6 Å². The predicted molar refractivity (Wildman–Crippen MR) is 93.7 cm³/mol. The Hall–Kier alpha value is -3.10. The van der Waals surface area contributed by atoms with Gasteiger partial charge in [0.15, 0.2) is 0 Å². The Labute approximate surface area is 153 Å². The zero-order chi connectivity index (χ0) is 19.3. The van der Waals surface area contributed by atoms with Crippen LogP contribution in [-0.2, 0) is 11.3 Å². The first-order valence-electron chi connectivity index (χ1n) is 8.66. The molecule has 2 aliphatic rings. The molecule has 2 atom stereocenters. The van der Waals surface area contributed by atoms with Gasteiger partial charge in [-0.15, -0.1) is 0 Å². The Morgan fingerprint density at radius 3 is 2.85 bits per heavy atom. The molecule has 142 valence electrons. The van der Waals surface area contributed by atoms with Gasteiger partial charge in [-0.05, 0) is 31.0 Å². The van der Waals surface area contributed by atoms with Crippen molar-refractivity contribution < 1.29 is 23.5 Å². The van der Waals surface area contributed by atoms with Crippen molar-refractivity contribution in [2.75, 3.05) is 7.11 Å². The molecule has 1 aliphatic carbocycles. The first kappa shape index (κ1) is 17.3. The molecule has 8 nitrogen and oxygen atoms in total. The van der Waals surface area contributed by atoms with Crippen LogP contribution in [-0.4, -0.2) is 35.1 Å². The number of amides is 4. The first-order valence-corrected chi connectivity index (χ1v) is 8.66. The van der Waals surface area contributed by atoms with E-state index in [-0.39, 0.29) is 29.6 Å². The zero-order valence-corrected chi connectivity index (χ0v) is 14.7. The van der Waals surface area contributed by atoms with E-state index in [9.17, 15) is 18.8 Å². The molecule has 4 rings (SSSR count). The number of benzene rings is 1. The van der Waals surface area contributed by atoms with Crippen LogP contribution in [0.1, 0.15) is 29.8 Å². The van der Waals surface area contributed by atoms with E-state index in [1.54, 1.807) is 0 Å². The average molecular weight is 374 g/mol. The number of hydrogen-bond acceptors (Lipinski definition) is 4. The first-order chi connectivity index (χ1) is 12.9. The third-order valence-electron chi connectivity index (χ3n) is 5.63. The number of hydrogen-bond donors (Lipinski definition) is 3. The molecule has 4 amide bonds. The number of fused-ring (bicyclic) bond motifs is 1. The van der Waals surface area contributed by atoms with E-state index >= 15 is 0 Å². The molecule has 1 saturated heterocycles. The van der Waals surface area contributed by atoms with E-state index in [0.29, 0.717) is 24.0 Å². The molecule has 1 aromatic heterocycles. The lowest BCUT2D eigenvalue weighted by atomic mass is 9.87. The Kier molecular flexibility index (Phi) is 3.83. The number of primary amides is 1. The summed E-state index contributed by atoms with van der Waals surface area (Å²) >= 11 is 0. The molecule has 9 heteroatoms. The van der Waals surface area contributed by atoms with E-state index < -0.39 is 23.3 Å². The topological polar surface area (TPSA) is 115 Å². The fourth-order valence-corrected chi connectivity index (χ4v) is 4.40. The lowest BCUT2D eigenvalue weighted by molar-refractivity contribution is -0.125. The maximum atomic E-state index is 14.6. The van der Waals surface area contributed by atoms with Crippen LogP contribution in [0.4, 0.5) is 9.18 Å². The minimum absolute atomic E-state index is 0.125. The molecular formula is C18H19FN4O4. The highest BCUT2D eigenvalue weighted by atomic mass is 19.1. The van der Waals surface area contributed by atoms with Gasteiger partial charge in [0, 0.05) is 17.8 Å². The van der Waals surface area contributed by atoms with Crippen LogP contribution >= 0.6 is 0 Å². The largest absolute Gasteiger partial charge is 0.496 e. The van der Waals surface area contributed by atoms with Crippen molar-refractivity contribution in [1.82, 2.24) is 15.2 Å². The molecule has 1 aromatic carbocycles. The van der Waals surface area contributed by atoms with Crippen molar-refractivity contribution in [1.29, 1.82) is 0 Å². The van der Waals surface area contributed by atoms with Crippen LogP contribution in [0.3, 0.4) is 0 Å².